The average molecular weight is 337 g/mol. The Morgan fingerprint density at radius 3 is 2.55 bits per heavy atom. The van der Waals surface area contributed by atoms with Crippen LogP contribution in [0.4, 0.5) is 5.69 Å². The van der Waals surface area contributed by atoms with Crippen molar-refractivity contribution in [1.29, 1.82) is 0 Å². The van der Waals surface area contributed by atoms with Crippen molar-refractivity contribution < 1.29 is 13.2 Å². The predicted molar refractivity (Wildman–Crippen MR) is 82.0 cm³/mol. The number of sulfonamides is 1. The molecule has 0 aliphatic carbocycles. The first kappa shape index (κ1) is 14.6. The summed E-state index contributed by atoms with van der Waals surface area (Å²) in [5.41, 5.74) is 2.16. The van der Waals surface area contributed by atoms with Crippen LogP contribution in [0, 0.1) is 0 Å². The van der Waals surface area contributed by atoms with Gasteiger partial charge in [0.25, 0.3) is 10.0 Å². The minimum atomic E-state index is -3.82. The van der Waals surface area contributed by atoms with Gasteiger partial charge >= 0.3 is 0 Å². The van der Waals surface area contributed by atoms with E-state index in [0.29, 0.717) is 16.3 Å². The third kappa shape index (κ3) is 2.84. The number of benzene rings is 1. The Bertz CT molecular complexity index is 925. The number of aromatic nitrogens is 3. The number of nitrogens with one attached hydrogen (secondary N) is 1. The van der Waals surface area contributed by atoms with E-state index in [2.05, 4.69) is 15.4 Å². The molecule has 0 aliphatic rings. The molecular weight excluding hydrogens is 326 g/mol. The Morgan fingerprint density at radius 1 is 1.32 bits per heavy atom. The lowest BCUT2D eigenvalue weighted by molar-refractivity contribution is -0.114. The number of hydrogen-bond acceptors (Lipinski definition) is 6. The summed E-state index contributed by atoms with van der Waals surface area (Å²) >= 11 is 0.902. The lowest BCUT2D eigenvalue weighted by atomic mass is 10.1. The first-order valence-electron chi connectivity index (χ1n) is 6.10. The van der Waals surface area contributed by atoms with Crippen molar-refractivity contribution >= 4 is 37.9 Å². The van der Waals surface area contributed by atoms with Crippen LogP contribution in [-0.4, -0.2) is 28.9 Å². The van der Waals surface area contributed by atoms with Crippen LogP contribution in [0.2, 0.25) is 0 Å². The van der Waals surface area contributed by atoms with Gasteiger partial charge in [-0.25, -0.2) is 23.1 Å². The van der Waals surface area contributed by atoms with Crippen LogP contribution in [0.3, 0.4) is 0 Å². The van der Waals surface area contributed by atoms with Crippen molar-refractivity contribution in [3.8, 4) is 11.3 Å². The minimum absolute atomic E-state index is 0.144. The summed E-state index contributed by atoms with van der Waals surface area (Å²) in [7, 11) is -3.82. The van der Waals surface area contributed by atoms with Gasteiger partial charge in [-0.1, -0.05) is 23.5 Å². The molecule has 22 heavy (non-hydrogen) atoms. The second-order valence-electron chi connectivity index (χ2n) is 4.52. The number of imidazole rings is 1. The predicted octanol–water partition coefficient (Wildman–Crippen LogP) is 1.06. The van der Waals surface area contributed by atoms with Crippen molar-refractivity contribution in [3.63, 3.8) is 0 Å². The van der Waals surface area contributed by atoms with Gasteiger partial charge in [0.05, 0.1) is 11.9 Å². The topological polar surface area (TPSA) is 119 Å². The van der Waals surface area contributed by atoms with Crippen molar-refractivity contribution in [2.24, 2.45) is 5.14 Å². The van der Waals surface area contributed by atoms with Gasteiger partial charge in [-0.3, -0.25) is 4.79 Å². The van der Waals surface area contributed by atoms with Gasteiger partial charge < -0.3 is 5.32 Å². The van der Waals surface area contributed by atoms with Crippen molar-refractivity contribution in [3.05, 3.63) is 30.5 Å². The normalized spacial score (nSPS) is 11.7. The van der Waals surface area contributed by atoms with Crippen LogP contribution in [-0.2, 0) is 14.8 Å². The fraction of sp³-hybridized carbons (Fsp3) is 0.0833. The Labute approximate surface area is 129 Å². The Hall–Kier alpha value is -2.30. The maximum absolute atomic E-state index is 11.2. The zero-order chi connectivity index (χ0) is 15.9. The number of carbonyl (C=O) groups excluding carboxylic acids is 1. The van der Waals surface area contributed by atoms with E-state index in [0.717, 1.165) is 16.9 Å². The number of nitrogens with zero attached hydrogens (tertiary/aromatic N) is 3. The number of hydrogen-bond donors (Lipinski definition) is 2. The lowest BCUT2D eigenvalue weighted by Gasteiger charge is -2.02. The minimum Gasteiger partial charge on any atom is -0.326 e. The molecule has 0 saturated carbocycles. The van der Waals surface area contributed by atoms with Gasteiger partial charge in [0.15, 0.2) is 0 Å². The molecule has 2 aromatic heterocycles. The summed E-state index contributed by atoms with van der Waals surface area (Å²) in [5.74, 6) is -0.144. The Balaban J connectivity index is 1.93. The zero-order valence-electron chi connectivity index (χ0n) is 11.3. The standard InChI is InChI=1S/C12H11N5O3S2/c1-7(18)14-9-4-2-8(3-5-9)10-6-17-11(15-10)21-12(16-17)22(13,19)20/h2-6H,1H3,(H,14,18)(H2,13,19,20). The molecule has 2 heterocycles. The molecule has 0 unspecified atom stereocenters. The molecule has 3 aromatic rings. The fourth-order valence-electron chi connectivity index (χ4n) is 1.86. The van der Waals surface area contributed by atoms with E-state index >= 15 is 0 Å². The summed E-state index contributed by atoms with van der Waals surface area (Å²) < 4.78 is 23.7. The third-order valence-corrected chi connectivity index (χ3v) is 5.00. The first-order chi connectivity index (χ1) is 10.3. The molecule has 0 radical (unpaired) electrons. The Morgan fingerprint density at radius 2 is 2.00 bits per heavy atom. The summed E-state index contributed by atoms with van der Waals surface area (Å²) in [4.78, 5) is 15.7. The van der Waals surface area contributed by atoms with E-state index in [1.165, 1.54) is 11.4 Å². The molecule has 1 aromatic carbocycles. The quantitative estimate of drug-likeness (QED) is 0.740. The number of anilines is 1. The van der Waals surface area contributed by atoms with E-state index in [1.807, 2.05) is 0 Å². The average Bonchev–Trinajstić information content (AvgIpc) is 2.96. The van der Waals surface area contributed by atoms with Crippen molar-refractivity contribution in [2.45, 2.75) is 11.3 Å². The first-order valence-corrected chi connectivity index (χ1v) is 8.46. The van der Waals surface area contributed by atoms with E-state index in [1.54, 1.807) is 30.5 Å². The molecule has 8 nitrogen and oxygen atoms in total. The zero-order valence-corrected chi connectivity index (χ0v) is 13.0. The molecule has 0 bridgehead atoms. The maximum Gasteiger partial charge on any atom is 0.267 e. The summed E-state index contributed by atoms with van der Waals surface area (Å²) in [6.07, 6.45) is 1.62. The molecule has 0 atom stereocenters. The highest BCUT2D eigenvalue weighted by Gasteiger charge is 2.17. The third-order valence-electron chi connectivity index (χ3n) is 2.77. The van der Waals surface area contributed by atoms with Gasteiger partial charge in [-0.2, -0.15) is 0 Å². The summed E-state index contributed by atoms with van der Waals surface area (Å²) in [6.45, 7) is 1.44. The molecule has 10 heteroatoms. The highest BCUT2D eigenvalue weighted by molar-refractivity contribution is 7.91. The maximum atomic E-state index is 11.2. The van der Waals surface area contributed by atoms with E-state index < -0.39 is 10.0 Å². The van der Waals surface area contributed by atoms with E-state index in [4.69, 9.17) is 5.14 Å². The Kier molecular flexibility index (Phi) is 3.43. The van der Waals surface area contributed by atoms with Crippen LogP contribution in [0.5, 0.6) is 0 Å². The molecule has 3 rings (SSSR count). The van der Waals surface area contributed by atoms with Crippen LogP contribution in [0.1, 0.15) is 6.92 Å². The molecule has 0 saturated heterocycles. The van der Waals surface area contributed by atoms with Crippen LogP contribution >= 0.6 is 11.3 Å². The number of rotatable bonds is 3. The largest absolute Gasteiger partial charge is 0.326 e. The summed E-state index contributed by atoms with van der Waals surface area (Å²) in [5, 5.41) is 11.6. The van der Waals surface area contributed by atoms with Crippen molar-refractivity contribution in [1.82, 2.24) is 14.6 Å². The molecule has 114 valence electrons. The number of amides is 1. The smallest absolute Gasteiger partial charge is 0.267 e. The second kappa shape index (κ2) is 5.16. The second-order valence-corrected chi connectivity index (χ2v) is 7.22. The molecule has 0 aliphatic heterocycles. The number of fused-ring (bicyclic) bond motifs is 1. The SMILES string of the molecule is CC(=O)Nc1ccc(-c2cn3nc(S(N)(=O)=O)sc3n2)cc1. The van der Waals surface area contributed by atoms with E-state index in [-0.39, 0.29) is 10.2 Å². The van der Waals surface area contributed by atoms with Gasteiger partial charge in [-0.15, -0.1) is 5.10 Å². The number of primary sulfonamides is 1. The van der Waals surface area contributed by atoms with Gasteiger partial charge in [0, 0.05) is 18.2 Å². The van der Waals surface area contributed by atoms with Crippen LogP contribution in [0.25, 0.3) is 16.2 Å². The monoisotopic (exact) mass is 337 g/mol. The van der Waals surface area contributed by atoms with Gasteiger partial charge in [-0.05, 0) is 12.1 Å². The highest BCUT2D eigenvalue weighted by Crippen LogP contribution is 2.24. The lowest BCUT2D eigenvalue weighted by Crippen LogP contribution is -2.12. The fourth-order valence-corrected chi connectivity index (χ4v) is 3.37. The molecule has 1 amide bonds. The van der Waals surface area contributed by atoms with Crippen LogP contribution in [0.15, 0.2) is 34.8 Å². The molecular formula is C12H11N5O3S2. The van der Waals surface area contributed by atoms with Crippen LogP contribution < -0.4 is 10.5 Å². The van der Waals surface area contributed by atoms with E-state index in [9.17, 15) is 13.2 Å². The summed E-state index contributed by atoms with van der Waals surface area (Å²) in [6, 6.07) is 7.12. The highest BCUT2D eigenvalue weighted by atomic mass is 32.2. The van der Waals surface area contributed by atoms with Gasteiger partial charge in [0.2, 0.25) is 15.2 Å². The van der Waals surface area contributed by atoms with Crippen molar-refractivity contribution in [2.75, 3.05) is 5.32 Å². The van der Waals surface area contributed by atoms with Gasteiger partial charge in [0.1, 0.15) is 0 Å². The molecule has 0 fully saturated rings. The number of carbonyl (C=O) groups is 1. The number of nitrogens with two attached hydrogens (primary N) is 1. The molecule has 3 N–H and O–H groups in total. The molecule has 0 spiro atoms.